The highest BCUT2D eigenvalue weighted by Gasteiger charge is 2.08. The molecular formula is C15H16N2O3. The number of amides is 1. The van der Waals surface area contributed by atoms with Crippen LogP contribution in [0.5, 0.6) is 11.5 Å². The van der Waals surface area contributed by atoms with Crippen molar-refractivity contribution in [1.29, 1.82) is 0 Å². The van der Waals surface area contributed by atoms with Crippen LogP contribution in [0.25, 0.3) is 0 Å². The predicted octanol–water partition coefficient (Wildman–Crippen LogP) is 2.37. The maximum atomic E-state index is 11.0. The highest BCUT2D eigenvalue weighted by Crippen LogP contribution is 2.27. The van der Waals surface area contributed by atoms with Crippen molar-refractivity contribution in [3.8, 4) is 11.5 Å². The van der Waals surface area contributed by atoms with Crippen LogP contribution in [0.15, 0.2) is 42.5 Å². The van der Waals surface area contributed by atoms with E-state index in [0.29, 0.717) is 5.56 Å². The second kappa shape index (κ2) is 5.52. The van der Waals surface area contributed by atoms with Gasteiger partial charge in [0, 0.05) is 23.4 Å². The molecule has 2 aromatic carbocycles. The van der Waals surface area contributed by atoms with Crippen molar-refractivity contribution in [2.24, 2.45) is 5.73 Å². The number of aromatic hydroxyl groups is 2. The summed E-state index contributed by atoms with van der Waals surface area (Å²) in [5, 5.41) is 22.1. The van der Waals surface area contributed by atoms with Crippen LogP contribution < -0.4 is 11.1 Å². The fraction of sp³-hybridized carbons (Fsp3) is 0.133. The molecule has 0 aromatic heterocycles. The number of hydrogen-bond donors (Lipinski definition) is 4. The van der Waals surface area contributed by atoms with Crippen LogP contribution in [-0.2, 0) is 0 Å². The van der Waals surface area contributed by atoms with Gasteiger partial charge < -0.3 is 21.3 Å². The first-order chi connectivity index (χ1) is 9.45. The highest BCUT2D eigenvalue weighted by molar-refractivity contribution is 5.93. The lowest BCUT2D eigenvalue weighted by Crippen LogP contribution is -2.11. The molecule has 104 valence electrons. The minimum Gasteiger partial charge on any atom is -0.508 e. The van der Waals surface area contributed by atoms with Gasteiger partial charge in [-0.15, -0.1) is 0 Å². The van der Waals surface area contributed by atoms with Crippen LogP contribution in [-0.4, -0.2) is 16.1 Å². The number of rotatable bonds is 4. The molecule has 2 rings (SSSR count). The summed E-state index contributed by atoms with van der Waals surface area (Å²) in [6, 6.07) is 11.1. The first-order valence-corrected chi connectivity index (χ1v) is 6.15. The van der Waals surface area contributed by atoms with Crippen LogP contribution in [0.1, 0.15) is 28.9 Å². The van der Waals surface area contributed by atoms with E-state index in [1.54, 1.807) is 36.4 Å². The van der Waals surface area contributed by atoms with E-state index in [0.717, 1.165) is 11.3 Å². The zero-order chi connectivity index (χ0) is 14.7. The summed E-state index contributed by atoms with van der Waals surface area (Å²) in [5.74, 6) is -0.446. The zero-order valence-corrected chi connectivity index (χ0v) is 11.0. The van der Waals surface area contributed by atoms with E-state index in [4.69, 9.17) is 5.73 Å². The van der Waals surface area contributed by atoms with Crippen LogP contribution in [0.2, 0.25) is 0 Å². The van der Waals surface area contributed by atoms with Gasteiger partial charge in [0.15, 0.2) is 0 Å². The predicted molar refractivity (Wildman–Crippen MR) is 76.8 cm³/mol. The maximum Gasteiger partial charge on any atom is 0.248 e. The molecule has 0 bridgehead atoms. The second-order valence-corrected chi connectivity index (χ2v) is 4.59. The van der Waals surface area contributed by atoms with Gasteiger partial charge in [0.05, 0.1) is 0 Å². The lowest BCUT2D eigenvalue weighted by atomic mass is 10.1. The first-order valence-electron chi connectivity index (χ1n) is 6.15. The number of hydrogen-bond acceptors (Lipinski definition) is 4. The number of phenolic OH excluding ortho intramolecular Hbond substituents is 2. The lowest BCUT2D eigenvalue weighted by molar-refractivity contribution is 0.100. The number of primary amides is 1. The number of anilines is 1. The SMILES string of the molecule is CC(Nc1ccc(C(N)=O)cc1)c1cc(O)cc(O)c1. The molecule has 0 aliphatic rings. The monoisotopic (exact) mass is 272 g/mol. The summed E-state index contributed by atoms with van der Waals surface area (Å²) >= 11 is 0. The molecule has 5 N–H and O–H groups in total. The average Bonchev–Trinajstić information content (AvgIpc) is 2.38. The van der Waals surface area contributed by atoms with E-state index in [-0.39, 0.29) is 17.5 Å². The van der Waals surface area contributed by atoms with Crippen molar-refractivity contribution in [2.75, 3.05) is 5.32 Å². The quantitative estimate of drug-likeness (QED) is 0.687. The highest BCUT2D eigenvalue weighted by atomic mass is 16.3. The van der Waals surface area contributed by atoms with Crippen molar-refractivity contribution >= 4 is 11.6 Å². The maximum absolute atomic E-state index is 11.0. The fourth-order valence-electron chi connectivity index (χ4n) is 1.93. The molecule has 1 atom stereocenters. The Labute approximate surface area is 116 Å². The molecule has 2 aromatic rings. The summed E-state index contributed by atoms with van der Waals surface area (Å²) in [4.78, 5) is 11.0. The van der Waals surface area contributed by atoms with E-state index in [9.17, 15) is 15.0 Å². The van der Waals surface area contributed by atoms with Crippen molar-refractivity contribution in [2.45, 2.75) is 13.0 Å². The number of nitrogens with one attached hydrogen (secondary N) is 1. The minimum absolute atomic E-state index is 0.0118. The van der Waals surface area contributed by atoms with Gasteiger partial charge in [-0.05, 0) is 48.9 Å². The smallest absolute Gasteiger partial charge is 0.248 e. The van der Waals surface area contributed by atoms with Gasteiger partial charge in [-0.1, -0.05) is 0 Å². The van der Waals surface area contributed by atoms with E-state index < -0.39 is 5.91 Å². The normalized spacial score (nSPS) is 11.8. The third-order valence-corrected chi connectivity index (χ3v) is 2.98. The Kier molecular flexibility index (Phi) is 3.79. The summed E-state index contributed by atoms with van der Waals surface area (Å²) in [6.07, 6.45) is 0. The Hall–Kier alpha value is -2.69. The topological polar surface area (TPSA) is 95.6 Å². The Morgan fingerprint density at radius 3 is 2.15 bits per heavy atom. The molecule has 1 unspecified atom stereocenters. The van der Waals surface area contributed by atoms with E-state index in [2.05, 4.69) is 5.32 Å². The van der Waals surface area contributed by atoms with Gasteiger partial charge in [0.2, 0.25) is 5.91 Å². The van der Waals surface area contributed by atoms with Crippen LogP contribution in [0.4, 0.5) is 5.69 Å². The Balaban J connectivity index is 2.14. The molecule has 5 heteroatoms. The molecule has 0 spiro atoms. The Bertz CT molecular complexity index is 603. The lowest BCUT2D eigenvalue weighted by Gasteiger charge is -2.16. The van der Waals surface area contributed by atoms with Crippen molar-refractivity contribution < 1.29 is 15.0 Å². The molecule has 0 fully saturated rings. The van der Waals surface area contributed by atoms with E-state index >= 15 is 0 Å². The molecule has 5 nitrogen and oxygen atoms in total. The number of nitrogens with two attached hydrogens (primary N) is 1. The van der Waals surface area contributed by atoms with Gasteiger partial charge in [0.1, 0.15) is 11.5 Å². The Morgan fingerprint density at radius 1 is 1.10 bits per heavy atom. The van der Waals surface area contributed by atoms with Crippen molar-refractivity contribution in [3.63, 3.8) is 0 Å². The van der Waals surface area contributed by atoms with E-state index in [1.165, 1.54) is 6.07 Å². The summed E-state index contributed by atoms with van der Waals surface area (Å²) in [5.41, 5.74) is 7.18. The molecule has 0 radical (unpaired) electrons. The average molecular weight is 272 g/mol. The zero-order valence-electron chi connectivity index (χ0n) is 11.0. The van der Waals surface area contributed by atoms with Crippen LogP contribution in [0, 0.1) is 0 Å². The van der Waals surface area contributed by atoms with Crippen LogP contribution in [0.3, 0.4) is 0 Å². The van der Waals surface area contributed by atoms with Gasteiger partial charge in [-0.2, -0.15) is 0 Å². The fourth-order valence-corrected chi connectivity index (χ4v) is 1.93. The third-order valence-electron chi connectivity index (χ3n) is 2.98. The number of phenols is 2. The van der Waals surface area contributed by atoms with Crippen LogP contribution >= 0.6 is 0 Å². The molecule has 1 amide bonds. The van der Waals surface area contributed by atoms with E-state index in [1.807, 2.05) is 6.92 Å². The van der Waals surface area contributed by atoms with Gasteiger partial charge in [0.25, 0.3) is 0 Å². The van der Waals surface area contributed by atoms with Gasteiger partial charge >= 0.3 is 0 Å². The number of carbonyl (C=O) groups excluding carboxylic acids is 1. The minimum atomic E-state index is -0.470. The summed E-state index contributed by atoms with van der Waals surface area (Å²) < 4.78 is 0. The largest absolute Gasteiger partial charge is 0.508 e. The second-order valence-electron chi connectivity index (χ2n) is 4.59. The summed E-state index contributed by atoms with van der Waals surface area (Å²) in [6.45, 7) is 1.90. The Morgan fingerprint density at radius 2 is 1.65 bits per heavy atom. The van der Waals surface area contributed by atoms with Gasteiger partial charge in [-0.3, -0.25) is 4.79 Å². The standard InChI is InChI=1S/C15H16N2O3/c1-9(11-6-13(18)8-14(19)7-11)17-12-4-2-10(3-5-12)15(16)20/h2-9,17-19H,1H3,(H2,16,20). The molecule has 0 saturated carbocycles. The summed E-state index contributed by atoms with van der Waals surface area (Å²) in [7, 11) is 0. The molecule has 20 heavy (non-hydrogen) atoms. The molecule has 0 saturated heterocycles. The number of carbonyl (C=O) groups is 1. The number of benzene rings is 2. The van der Waals surface area contributed by atoms with Crippen molar-refractivity contribution in [3.05, 3.63) is 53.6 Å². The molecular weight excluding hydrogens is 256 g/mol. The molecule has 0 aliphatic heterocycles. The molecule has 0 heterocycles. The first kappa shape index (κ1) is 13.7. The molecule has 0 aliphatic carbocycles. The third kappa shape index (κ3) is 3.20. The van der Waals surface area contributed by atoms with Crippen molar-refractivity contribution in [1.82, 2.24) is 0 Å². The van der Waals surface area contributed by atoms with Gasteiger partial charge in [-0.25, -0.2) is 0 Å².